The van der Waals surface area contributed by atoms with Gasteiger partial charge < -0.3 is 14.3 Å². The van der Waals surface area contributed by atoms with Gasteiger partial charge in [-0.05, 0) is 18.2 Å². The average molecular weight is 270 g/mol. The molecule has 0 fully saturated rings. The molecule has 1 aromatic carbocycles. The van der Waals surface area contributed by atoms with Crippen LogP contribution in [-0.4, -0.2) is 27.9 Å². The molecule has 0 saturated carbocycles. The number of carboxylic acid groups (broad SMARTS) is 1. The van der Waals surface area contributed by atoms with Crippen molar-refractivity contribution in [3.8, 4) is 11.5 Å². The molecule has 0 saturated heterocycles. The third-order valence-corrected chi connectivity index (χ3v) is 2.08. The predicted molar refractivity (Wildman–Crippen MR) is 56.9 cm³/mol. The molecule has 0 amide bonds. The van der Waals surface area contributed by atoms with Crippen LogP contribution in [0.3, 0.4) is 0 Å². The quantitative estimate of drug-likeness (QED) is 0.888. The molecular weight excluding hydrogens is 262 g/mol. The molecule has 0 radical (unpaired) electrons. The Morgan fingerprint density at radius 2 is 2.11 bits per heavy atom. The van der Waals surface area contributed by atoms with Crippen molar-refractivity contribution in [2.75, 3.05) is 6.61 Å². The van der Waals surface area contributed by atoms with Crippen molar-refractivity contribution in [3.63, 3.8) is 0 Å². The van der Waals surface area contributed by atoms with E-state index in [0.717, 1.165) is 12.1 Å². The van der Waals surface area contributed by atoms with Gasteiger partial charge in [0.2, 0.25) is 11.8 Å². The second-order valence-electron chi connectivity index (χ2n) is 3.52. The summed E-state index contributed by atoms with van der Waals surface area (Å²) in [5, 5.41) is 15.6. The number of carbonyl (C=O) groups is 1. The Morgan fingerprint density at radius 1 is 1.32 bits per heavy atom. The van der Waals surface area contributed by atoms with Gasteiger partial charge >= 0.3 is 5.97 Å². The zero-order valence-corrected chi connectivity index (χ0v) is 9.47. The minimum atomic E-state index is -1.12. The molecule has 2 aromatic rings. The first-order chi connectivity index (χ1) is 9.06. The highest BCUT2D eigenvalue weighted by Crippen LogP contribution is 2.20. The number of hydrogen-bond acceptors (Lipinski definition) is 5. The number of nitrogens with zero attached hydrogens (tertiary/aromatic N) is 2. The summed E-state index contributed by atoms with van der Waals surface area (Å²) in [7, 11) is 0. The summed E-state index contributed by atoms with van der Waals surface area (Å²) in [5.74, 6) is -3.10. The van der Waals surface area contributed by atoms with Gasteiger partial charge in [-0.3, -0.25) is 0 Å². The van der Waals surface area contributed by atoms with Crippen LogP contribution in [0.1, 0.15) is 5.89 Å². The highest BCUT2D eigenvalue weighted by Gasteiger charge is 2.11. The van der Waals surface area contributed by atoms with Crippen LogP contribution in [0.15, 0.2) is 22.6 Å². The van der Waals surface area contributed by atoms with Crippen LogP contribution in [0, 0.1) is 11.6 Å². The fourth-order valence-corrected chi connectivity index (χ4v) is 1.28. The Balaban J connectivity index is 2.07. The molecule has 0 aliphatic carbocycles. The summed E-state index contributed by atoms with van der Waals surface area (Å²) in [4.78, 5) is 10.2. The lowest BCUT2D eigenvalue weighted by atomic mass is 10.2. The molecular formula is C11H8F2N2O4. The third kappa shape index (κ3) is 3.32. The van der Waals surface area contributed by atoms with Gasteiger partial charge in [0.05, 0.1) is 0 Å². The summed E-state index contributed by atoms with van der Waals surface area (Å²) in [6, 6.07) is 3.15. The molecule has 2 rings (SSSR count). The molecule has 0 bridgehead atoms. The second kappa shape index (κ2) is 5.53. The molecule has 1 aromatic heterocycles. The van der Waals surface area contributed by atoms with Gasteiger partial charge in [-0.25, -0.2) is 13.6 Å². The Labute approximate surface area is 105 Å². The highest BCUT2D eigenvalue weighted by molar-refractivity contribution is 5.67. The first kappa shape index (κ1) is 13.1. The van der Waals surface area contributed by atoms with Crippen molar-refractivity contribution in [3.05, 3.63) is 35.7 Å². The fourth-order valence-electron chi connectivity index (χ4n) is 1.28. The summed E-state index contributed by atoms with van der Waals surface area (Å²) < 4.78 is 35.6. The van der Waals surface area contributed by atoms with E-state index in [1.165, 1.54) is 6.07 Å². The van der Waals surface area contributed by atoms with E-state index in [1.54, 1.807) is 0 Å². The zero-order valence-electron chi connectivity index (χ0n) is 9.47. The van der Waals surface area contributed by atoms with Crippen molar-refractivity contribution in [1.82, 2.24) is 10.2 Å². The van der Waals surface area contributed by atoms with Crippen LogP contribution < -0.4 is 0 Å². The molecule has 1 N–H and O–H groups in total. The minimum absolute atomic E-state index is 0.00664. The van der Waals surface area contributed by atoms with Gasteiger partial charge in [0.25, 0.3) is 0 Å². The SMILES string of the molecule is O=C(O)COCc1nnc(-c2ccc(F)c(F)c2)o1. The molecule has 19 heavy (non-hydrogen) atoms. The lowest BCUT2D eigenvalue weighted by molar-refractivity contribution is -0.142. The zero-order chi connectivity index (χ0) is 13.8. The van der Waals surface area contributed by atoms with Crippen LogP contribution in [-0.2, 0) is 16.1 Å². The van der Waals surface area contributed by atoms with E-state index in [4.69, 9.17) is 14.3 Å². The van der Waals surface area contributed by atoms with Crippen LogP contribution in [0.4, 0.5) is 8.78 Å². The molecule has 6 nitrogen and oxygen atoms in total. The van der Waals surface area contributed by atoms with Crippen LogP contribution in [0.5, 0.6) is 0 Å². The standard InChI is InChI=1S/C11H8F2N2O4/c12-7-2-1-6(3-8(7)13)11-15-14-9(19-11)4-18-5-10(16)17/h1-3H,4-5H2,(H,16,17). The number of rotatable bonds is 5. The largest absolute Gasteiger partial charge is 0.480 e. The summed E-state index contributed by atoms with van der Waals surface area (Å²) in [6.45, 7) is -0.675. The van der Waals surface area contributed by atoms with Crippen LogP contribution >= 0.6 is 0 Å². The lowest BCUT2D eigenvalue weighted by Crippen LogP contribution is -2.06. The maximum absolute atomic E-state index is 13.0. The topological polar surface area (TPSA) is 85.5 Å². The number of benzene rings is 1. The Kier molecular flexibility index (Phi) is 3.81. The maximum Gasteiger partial charge on any atom is 0.329 e. The monoisotopic (exact) mass is 270 g/mol. The van der Waals surface area contributed by atoms with E-state index >= 15 is 0 Å². The fraction of sp³-hybridized carbons (Fsp3) is 0.182. The van der Waals surface area contributed by atoms with Crippen molar-refractivity contribution >= 4 is 5.97 Å². The molecule has 1 heterocycles. The number of ether oxygens (including phenoxy) is 1. The van der Waals surface area contributed by atoms with Gasteiger partial charge in [-0.15, -0.1) is 10.2 Å². The highest BCUT2D eigenvalue weighted by atomic mass is 19.2. The number of aromatic nitrogens is 2. The lowest BCUT2D eigenvalue weighted by Gasteiger charge is -1.97. The number of hydrogen-bond donors (Lipinski definition) is 1. The summed E-state index contributed by atoms with van der Waals surface area (Å²) in [5.41, 5.74) is 0.218. The van der Waals surface area contributed by atoms with Crippen molar-refractivity contribution in [1.29, 1.82) is 0 Å². The van der Waals surface area contributed by atoms with E-state index in [-0.39, 0.29) is 24.0 Å². The molecule has 0 aliphatic heterocycles. The first-order valence-electron chi connectivity index (χ1n) is 5.13. The van der Waals surface area contributed by atoms with E-state index in [0.29, 0.717) is 0 Å². The van der Waals surface area contributed by atoms with E-state index < -0.39 is 24.2 Å². The normalized spacial score (nSPS) is 10.6. The smallest absolute Gasteiger partial charge is 0.329 e. The third-order valence-electron chi connectivity index (χ3n) is 2.08. The van der Waals surface area contributed by atoms with E-state index in [2.05, 4.69) is 10.2 Å². The van der Waals surface area contributed by atoms with E-state index in [9.17, 15) is 13.6 Å². The predicted octanol–water partition coefficient (Wildman–Crippen LogP) is 1.62. The number of aliphatic carboxylic acids is 1. The molecule has 100 valence electrons. The first-order valence-corrected chi connectivity index (χ1v) is 5.13. The van der Waals surface area contributed by atoms with Crippen molar-refractivity contribution in [2.45, 2.75) is 6.61 Å². The Bertz CT molecular complexity index is 600. The van der Waals surface area contributed by atoms with Gasteiger partial charge in [-0.2, -0.15) is 0 Å². The Hall–Kier alpha value is -2.35. The van der Waals surface area contributed by atoms with Crippen molar-refractivity contribution in [2.24, 2.45) is 0 Å². The Morgan fingerprint density at radius 3 is 2.79 bits per heavy atom. The van der Waals surface area contributed by atoms with Crippen molar-refractivity contribution < 1.29 is 27.8 Å². The minimum Gasteiger partial charge on any atom is -0.480 e. The van der Waals surface area contributed by atoms with Gasteiger partial charge in [-0.1, -0.05) is 0 Å². The van der Waals surface area contributed by atoms with Crippen LogP contribution in [0.2, 0.25) is 0 Å². The summed E-state index contributed by atoms with van der Waals surface area (Å²) in [6.07, 6.45) is 0. The van der Waals surface area contributed by atoms with Crippen LogP contribution in [0.25, 0.3) is 11.5 Å². The number of halogens is 2. The van der Waals surface area contributed by atoms with E-state index in [1.807, 2.05) is 0 Å². The maximum atomic E-state index is 13.0. The molecule has 0 atom stereocenters. The molecule has 8 heteroatoms. The van der Waals surface area contributed by atoms with Gasteiger partial charge in [0.1, 0.15) is 13.2 Å². The van der Waals surface area contributed by atoms with Gasteiger partial charge in [0.15, 0.2) is 11.6 Å². The average Bonchev–Trinajstić information content (AvgIpc) is 2.81. The molecule has 0 unspecified atom stereocenters. The second-order valence-corrected chi connectivity index (χ2v) is 3.52. The summed E-state index contributed by atoms with van der Waals surface area (Å²) >= 11 is 0. The molecule has 0 aliphatic rings. The molecule has 0 spiro atoms. The number of carboxylic acids is 1. The van der Waals surface area contributed by atoms with Gasteiger partial charge in [0, 0.05) is 5.56 Å².